The van der Waals surface area contributed by atoms with E-state index in [-0.39, 0.29) is 31.2 Å². The van der Waals surface area contributed by atoms with Crippen molar-refractivity contribution in [3.63, 3.8) is 0 Å². The molecule has 0 unspecified atom stereocenters. The summed E-state index contributed by atoms with van der Waals surface area (Å²) >= 11 is 0. The number of hydrogen-bond acceptors (Lipinski definition) is 8. The lowest BCUT2D eigenvalue weighted by molar-refractivity contribution is -0.147. The van der Waals surface area contributed by atoms with Crippen LogP contribution in [0.2, 0.25) is 0 Å². The highest BCUT2D eigenvalue weighted by Gasteiger charge is 2.09. The van der Waals surface area contributed by atoms with Crippen molar-refractivity contribution in [3.8, 4) is 23.3 Å². The van der Waals surface area contributed by atoms with Crippen LogP contribution in [0.4, 0.5) is 0 Å². The fourth-order valence-corrected chi connectivity index (χ4v) is 4.13. The van der Waals surface area contributed by atoms with Gasteiger partial charge in [-0.25, -0.2) is 9.59 Å². The summed E-state index contributed by atoms with van der Waals surface area (Å²) in [4.78, 5) is 47.2. The minimum absolute atomic E-state index is 0.182. The second-order valence-corrected chi connectivity index (χ2v) is 10.8. The molecule has 0 aliphatic heterocycles. The van der Waals surface area contributed by atoms with Gasteiger partial charge in [-0.15, -0.1) is 0 Å². The first-order valence-corrected chi connectivity index (χ1v) is 15.0. The molecule has 8 heteroatoms. The van der Waals surface area contributed by atoms with E-state index in [2.05, 4.69) is 25.0 Å². The third-order valence-electron chi connectivity index (χ3n) is 6.84. The molecule has 242 valence electrons. The van der Waals surface area contributed by atoms with Gasteiger partial charge in [-0.3, -0.25) is 9.59 Å². The van der Waals surface area contributed by atoms with Crippen LogP contribution in [-0.2, 0) is 35.1 Å². The van der Waals surface area contributed by atoms with Crippen molar-refractivity contribution in [2.24, 2.45) is 0 Å². The zero-order valence-corrected chi connectivity index (χ0v) is 26.7. The highest BCUT2D eigenvalue weighted by molar-refractivity contribution is 5.96. The smallest absolute Gasteiger partial charge is 0.336 e. The molecule has 48 heavy (non-hydrogen) atoms. The summed E-state index contributed by atoms with van der Waals surface area (Å²) < 4.78 is 20.6. The maximum atomic E-state index is 12.3. The average molecular weight is 643 g/mol. The lowest BCUT2D eigenvalue weighted by atomic mass is 10.0. The molecule has 0 atom stereocenters. The van der Waals surface area contributed by atoms with E-state index in [1.54, 1.807) is 44.2 Å². The number of rotatable bonds is 13. The van der Waals surface area contributed by atoms with Crippen molar-refractivity contribution in [2.75, 3.05) is 13.4 Å². The van der Waals surface area contributed by atoms with Gasteiger partial charge >= 0.3 is 17.9 Å². The normalized spacial score (nSPS) is 10.5. The van der Waals surface area contributed by atoms with Crippen molar-refractivity contribution < 1.29 is 38.1 Å². The number of benzene rings is 4. The fraction of sp³-hybridized carbons (Fsp3) is 0.150. The van der Waals surface area contributed by atoms with E-state index < -0.39 is 17.9 Å². The Morgan fingerprint density at radius 3 is 2.08 bits per heavy atom. The van der Waals surface area contributed by atoms with E-state index in [0.717, 1.165) is 33.0 Å². The van der Waals surface area contributed by atoms with Crippen molar-refractivity contribution in [2.45, 2.75) is 26.7 Å². The molecule has 0 heterocycles. The number of hydrogen-bond donors (Lipinski definition) is 0. The SMILES string of the molecule is C=C(C)C(=O)COC(=O)CCc1ccc2cc(C#Cc3ccc(/C=C/C(=O)Oc4ccc(OCOC(=O)C(=C)C)cc4)cc3)ccc2c1. The molecule has 4 rings (SSSR count). The fourth-order valence-electron chi connectivity index (χ4n) is 4.13. The summed E-state index contributed by atoms with van der Waals surface area (Å²) in [6, 6.07) is 25.7. The molecule has 0 amide bonds. The summed E-state index contributed by atoms with van der Waals surface area (Å²) in [5.74, 6) is 5.35. The first-order chi connectivity index (χ1) is 23.0. The molecule has 4 aromatic rings. The van der Waals surface area contributed by atoms with Crippen LogP contribution in [0.25, 0.3) is 16.8 Å². The van der Waals surface area contributed by atoms with Gasteiger partial charge in [-0.1, -0.05) is 61.4 Å². The van der Waals surface area contributed by atoms with Gasteiger partial charge in [0.25, 0.3) is 0 Å². The number of Topliss-reactive ketones (excluding diaryl/α,β-unsaturated/α-hetero) is 1. The van der Waals surface area contributed by atoms with Gasteiger partial charge in [0, 0.05) is 29.2 Å². The second-order valence-electron chi connectivity index (χ2n) is 10.8. The van der Waals surface area contributed by atoms with Crippen molar-refractivity contribution in [3.05, 3.63) is 138 Å². The van der Waals surface area contributed by atoms with Gasteiger partial charge in [0.05, 0.1) is 0 Å². The van der Waals surface area contributed by atoms with Crippen LogP contribution in [0.1, 0.15) is 42.5 Å². The van der Waals surface area contributed by atoms with Crippen LogP contribution in [0, 0.1) is 11.8 Å². The highest BCUT2D eigenvalue weighted by Crippen LogP contribution is 2.20. The van der Waals surface area contributed by atoms with Crippen LogP contribution in [0.3, 0.4) is 0 Å². The van der Waals surface area contributed by atoms with Crippen LogP contribution in [0.15, 0.2) is 115 Å². The predicted molar refractivity (Wildman–Crippen MR) is 183 cm³/mol. The van der Waals surface area contributed by atoms with E-state index in [9.17, 15) is 19.2 Å². The standard InChI is InChI=1S/C40H34O8/c1-27(2)37(41)25-45-38(42)21-14-32-12-16-33-23-31(11-15-34(33)24-32)10-9-29-5-7-30(8-6-29)13-22-39(43)48-36-19-17-35(18-20-36)46-26-47-40(44)28(3)4/h5-8,11-13,15-20,22-24H,1,3,14,21,25-26H2,2,4H3/b22-13+. The number of esters is 3. The molecule has 0 saturated heterocycles. The minimum Gasteiger partial charge on any atom is -0.457 e. The molecule has 0 fully saturated rings. The molecule has 0 aliphatic carbocycles. The number of carbonyl (C=O) groups is 4. The molecule has 0 aliphatic rings. The van der Waals surface area contributed by atoms with Gasteiger partial charge in [0.1, 0.15) is 11.5 Å². The van der Waals surface area contributed by atoms with E-state index in [0.29, 0.717) is 23.5 Å². The summed E-state index contributed by atoms with van der Waals surface area (Å²) in [6.45, 7) is 9.64. The van der Waals surface area contributed by atoms with Crippen molar-refractivity contribution in [1.29, 1.82) is 0 Å². The average Bonchev–Trinajstić information content (AvgIpc) is 3.08. The Labute approximate surface area is 279 Å². The van der Waals surface area contributed by atoms with Gasteiger partial charge in [0.15, 0.2) is 12.4 Å². The Hall–Kier alpha value is -6.20. The number of fused-ring (bicyclic) bond motifs is 1. The first-order valence-electron chi connectivity index (χ1n) is 15.0. The topological polar surface area (TPSA) is 105 Å². The summed E-state index contributed by atoms with van der Waals surface area (Å²) in [6.07, 6.45) is 3.67. The number of carbonyl (C=O) groups excluding carboxylic acids is 4. The third kappa shape index (κ3) is 11.0. The van der Waals surface area contributed by atoms with Crippen LogP contribution >= 0.6 is 0 Å². The van der Waals surface area contributed by atoms with Crippen molar-refractivity contribution >= 4 is 40.5 Å². The lowest BCUT2D eigenvalue weighted by Gasteiger charge is -2.08. The van der Waals surface area contributed by atoms with Gasteiger partial charge in [-0.2, -0.15) is 0 Å². The predicted octanol–water partition coefficient (Wildman–Crippen LogP) is 6.94. The summed E-state index contributed by atoms with van der Waals surface area (Å²) in [5.41, 5.74) is 4.12. The Morgan fingerprint density at radius 1 is 0.729 bits per heavy atom. The minimum atomic E-state index is -0.542. The zero-order chi connectivity index (χ0) is 34.5. The summed E-state index contributed by atoms with van der Waals surface area (Å²) in [5, 5.41) is 2.06. The Morgan fingerprint density at radius 2 is 1.38 bits per heavy atom. The van der Waals surface area contributed by atoms with E-state index in [1.807, 2.05) is 60.7 Å². The van der Waals surface area contributed by atoms with E-state index >= 15 is 0 Å². The Balaban J connectivity index is 1.25. The van der Waals surface area contributed by atoms with Gasteiger partial charge in [-0.05, 0) is 102 Å². The Bertz CT molecular complexity index is 1940. The molecule has 0 spiro atoms. The van der Waals surface area contributed by atoms with Crippen LogP contribution in [0.5, 0.6) is 11.5 Å². The Kier molecular flexibility index (Phi) is 12.2. The molecule has 0 radical (unpaired) electrons. The van der Waals surface area contributed by atoms with Crippen LogP contribution < -0.4 is 9.47 Å². The van der Waals surface area contributed by atoms with E-state index in [4.69, 9.17) is 18.9 Å². The molecule has 0 saturated carbocycles. The van der Waals surface area contributed by atoms with Crippen LogP contribution in [-0.4, -0.2) is 37.1 Å². The zero-order valence-electron chi connectivity index (χ0n) is 26.7. The highest BCUT2D eigenvalue weighted by atomic mass is 16.7. The van der Waals surface area contributed by atoms with Crippen molar-refractivity contribution in [1.82, 2.24) is 0 Å². The number of ketones is 1. The maximum absolute atomic E-state index is 12.3. The molecule has 0 aromatic heterocycles. The second kappa shape index (κ2) is 16.9. The lowest BCUT2D eigenvalue weighted by Crippen LogP contribution is -2.14. The molecule has 8 nitrogen and oxygen atoms in total. The first kappa shape index (κ1) is 34.7. The molecule has 0 N–H and O–H groups in total. The van der Waals surface area contributed by atoms with E-state index in [1.165, 1.54) is 6.08 Å². The van der Waals surface area contributed by atoms with Gasteiger partial charge in [0.2, 0.25) is 6.79 Å². The monoisotopic (exact) mass is 642 g/mol. The molecular formula is C40H34O8. The maximum Gasteiger partial charge on any atom is 0.336 e. The molecule has 0 bridgehead atoms. The largest absolute Gasteiger partial charge is 0.457 e. The number of ether oxygens (including phenoxy) is 4. The molecule has 4 aromatic carbocycles. The quantitative estimate of drug-likeness (QED) is 0.0508. The molecular weight excluding hydrogens is 608 g/mol. The number of aryl methyl sites for hydroxylation is 1. The summed E-state index contributed by atoms with van der Waals surface area (Å²) in [7, 11) is 0. The van der Waals surface area contributed by atoms with Gasteiger partial charge < -0.3 is 18.9 Å². The third-order valence-corrected chi connectivity index (χ3v) is 6.84.